The van der Waals surface area contributed by atoms with Crippen LogP contribution in [0.15, 0.2) is 0 Å². The third-order valence-corrected chi connectivity index (χ3v) is 2.96. The van der Waals surface area contributed by atoms with Gasteiger partial charge in [-0.3, -0.25) is 4.79 Å². The highest BCUT2D eigenvalue weighted by Gasteiger charge is 2.27. The van der Waals surface area contributed by atoms with Gasteiger partial charge in [-0.05, 0) is 18.3 Å². The zero-order valence-corrected chi connectivity index (χ0v) is 9.79. The molecule has 0 bridgehead atoms. The molecule has 1 rings (SSSR count). The molecule has 0 unspecified atom stereocenters. The fourth-order valence-corrected chi connectivity index (χ4v) is 1.70. The summed E-state index contributed by atoms with van der Waals surface area (Å²) < 4.78 is 5.13. The van der Waals surface area contributed by atoms with Crippen LogP contribution in [0.25, 0.3) is 0 Å². The van der Waals surface area contributed by atoms with Crippen LogP contribution in [0.1, 0.15) is 26.7 Å². The second-order valence-corrected chi connectivity index (χ2v) is 4.89. The first-order valence-electron chi connectivity index (χ1n) is 5.61. The lowest BCUT2D eigenvalue weighted by Crippen LogP contribution is -2.42. The number of piperidine rings is 1. The number of likely N-dealkylation sites (tertiary alicyclic amines) is 1. The van der Waals surface area contributed by atoms with Gasteiger partial charge in [-0.2, -0.15) is 0 Å². The largest absolute Gasteiger partial charge is 0.370 e. The van der Waals surface area contributed by atoms with Crippen molar-refractivity contribution in [1.29, 1.82) is 0 Å². The van der Waals surface area contributed by atoms with Gasteiger partial charge in [0.05, 0.1) is 6.61 Å². The van der Waals surface area contributed by atoms with Crippen molar-refractivity contribution in [1.82, 2.24) is 4.90 Å². The first-order valence-corrected chi connectivity index (χ1v) is 5.61. The van der Waals surface area contributed by atoms with Gasteiger partial charge in [-0.25, -0.2) is 0 Å². The van der Waals surface area contributed by atoms with Gasteiger partial charge in [0, 0.05) is 19.6 Å². The van der Waals surface area contributed by atoms with Crippen molar-refractivity contribution in [2.45, 2.75) is 26.7 Å². The molecule has 1 amide bonds. The molecule has 0 radical (unpaired) electrons. The lowest BCUT2D eigenvalue weighted by molar-refractivity contribution is -0.138. The summed E-state index contributed by atoms with van der Waals surface area (Å²) in [6.07, 6.45) is 2.16. The average Bonchev–Trinajstić information content (AvgIpc) is 2.18. The van der Waals surface area contributed by atoms with Crippen molar-refractivity contribution in [2.24, 2.45) is 11.1 Å². The summed E-state index contributed by atoms with van der Waals surface area (Å²) in [6, 6.07) is 0. The van der Waals surface area contributed by atoms with Crippen LogP contribution >= 0.6 is 0 Å². The highest BCUT2D eigenvalue weighted by Crippen LogP contribution is 2.29. The molecular formula is C11H22N2O2. The zero-order chi connectivity index (χ0) is 11.3. The molecule has 0 aromatic carbocycles. The van der Waals surface area contributed by atoms with Gasteiger partial charge in [0.15, 0.2) is 0 Å². The normalized spacial score (nSPS) is 20.3. The predicted octanol–water partition coefficient (Wildman–Crippen LogP) is 0.610. The molecule has 1 aliphatic rings. The van der Waals surface area contributed by atoms with Gasteiger partial charge in [-0.15, -0.1) is 0 Å². The van der Waals surface area contributed by atoms with Gasteiger partial charge in [0.2, 0.25) is 5.91 Å². The summed E-state index contributed by atoms with van der Waals surface area (Å²) in [5, 5.41) is 0. The molecule has 2 N–H and O–H groups in total. The quantitative estimate of drug-likeness (QED) is 0.698. The maximum Gasteiger partial charge on any atom is 0.248 e. The van der Waals surface area contributed by atoms with Crippen LogP contribution in [-0.4, -0.2) is 43.7 Å². The van der Waals surface area contributed by atoms with Gasteiger partial charge < -0.3 is 15.4 Å². The Balaban J connectivity index is 2.24. The summed E-state index contributed by atoms with van der Waals surface area (Å²) in [5.41, 5.74) is 5.66. The fourth-order valence-electron chi connectivity index (χ4n) is 1.70. The maximum atomic E-state index is 11.6. The lowest BCUT2D eigenvalue weighted by Gasteiger charge is -2.36. The number of nitrogens with two attached hydrogens (primary N) is 1. The number of carbonyl (C=O) groups excluding carboxylic acids is 1. The van der Waals surface area contributed by atoms with E-state index in [9.17, 15) is 4.79 Å². The molecule has 0 aliphatic carbocycles. The second kappa shape index (κ2) is 5.47. The smallest absolute Gasteiger partial charge is 0.248 e. The number of amides is 1. The molecule has 15 heavy (non-hydrogen) atoms. The minimum absolute atomic E-state index is 0.0963. The van der Waals surface area contributed by atoms with E-state index in [1.165, 1.54) is 0 Å². The van der Waals surface area contributed by atoms with E-state index in [-0.39, 0.29) is 12.5 Å². The van der Waals surface area contributed by atoms with Crippen LogP contribution in [0, 0.1) is 5.41 Å². The summed E-state index contributed by atoms with van der Waals surface area (Å²) in [6.45, 7) is 7.33. The van der Waals surface area contributed by atoms with Crippen LogP contribution < -0.4 is 5.73 Å². The highest BCUT2D eigenvalue weighted by molar-refractivity contribution is 5.77. The van der Waals surface area contributed by atoms with Gasteiger partial charge in [-0.1, -0.05) is 13.8 Å². The summed E-state index contributed by atoms with van der Waals surface area (Å²) in [4.78, 5) is 13.5. The molecule has 1 aliphatic heterocycles. The molecule has 0 saturated carbocycles. The topological polar surface area (TPSA) is 55.6 Å². The Hall–Kier alpha value is -0.610. The minimum Gasteiger partial charge on any atom is -0.370 e. The first-order chi connectivity index (χ1) is 7.05. The number of nitrogens with zero attached hydrogens (tertiary/aromatic N) is 1. The van der Waals surface area contributed by atoms with Crippen molar-refractivity contribution >= 4 is 5.91 Å². The Morgan fingerprint density at radius 2 is 2.00 bits per heavy atom. The van der Waals surface area contributed by atoms with Crippen LogP contribution in [0.5, 0.6) is 0 Å². The standard InChI is InChI=1S/C11H22N2O2/c1-11(2)3-6-13(7-4-11)10(14)9-15-8-5-12/h3-9,12H2,1-2H3. The number of carbonyl (C=O) groups is 1. The average molecular weight is 214 g/mol. The number of hydrogen-bond donors (Lipinski definition) is 1. The van der Waals surface area contributed by atoms with E-state index in [1.54, 1.807) is 0 Å². The molecule has 4 heteroatoms. The lowest BCUT2D eigenvalue weighted by atomic mass is 9.83. The molecule has 4 nitrogen and oxygen atoms in total. The minimum atomic E-state index is 0.0963. The predicted molar refractivity (Wildman–Crippen MR) is 59.5 cm³/mol. The van der Waals surface area contributed by atoms with Crippen LogP contribution in [-0.2, 0) is 9.53 Å². The Bertz CT molecular complexity index is 207. The highest BCUT2D eigenvalue weighted by atomic mass is 16.5. The van der Waals surface area contributed by atoms with E-state index in [0.717, 1.165) is 25.9 Å². The Labute approximate surface area is 91.8 Å². The van der Waals surface area contributed by atoms with E-state index >= 15 is 0 Å². The third kappa shape index (κ3) is 4.18. The van der Waals surface area contributed by atoms with Crippen molar-refractivity contribution in [2.75, 3.05) is 32.8 Å². The number of rotatable bonds is 4. The summed E-state index contributed by atoms with van der Waals surface area (Å²) >= 11 is 0. The number of hydrogen-bond acceptors (Lipinski definition) is 3. The van der Waals surface area contributed by atoms with Crippen molar-refractivity contribution < 1.29 is 9.53 Å². The summed E-state index contributed by atoms with van der Waals surface area (Å²) in [5.74, 6) is 0.0963. The molecule has 1 saturated heterocycles. The summed E-state index contributed by atoms with van der Waals surface area (Å²) in [7, 11) is 0. The van der Waals surface area contributed by atoms with E-state index in [1.807, 2.05) is 4.90 Å². The van der Waals surface area contributed by atoms with E-state index in [4.69, 9.17) is 10.5 Å². The molecule has 1 heterocycles. The van der Waals surface area contributed by atoms with Gasteiger partial charge in [0.25, 0.3) is 0 Å². The van der Waals surface area contributed by atoms with E-state index < -0.39 is 0 Å². The second-order valence-electron chi connectivity index (χ2n) is 4.89. The Morgan fingerprint density at radius 1 is 1.40 bits per heavy atom. The zero-order valence-electron chi connectivity index (χ0n) is 9.79. The van der Waals surface area contributed by atoms with Crippen molar-refractivity contribution in [3.05, 3.63) is 0 Å². The SMILES string of the molecule is CC1(C)CCN(C(=O)COCCN)CC1. The Morgan fingerprint density at radius 3 is 2.53 bits per heavy atom. The molecule has 0 aromatic heterocycles. The number of ether oxygens (including phenoxy) is 1. The van der Waals surface area contributed by atoms with Gasteiger partial charge >= 0.3 is 0 Å². The van der Waals surface area contributed by atoms with E-state index in [2.05, 4.69) is 13.8 Å². The van der Waals surface area contributed by atoms with Crippen LogP contribution in [0.3, 0.4) is 0 Å². The molecule has 88 valence electrons. The maximum absolute atomic E-state index is 11.6. The van der Waals surface area contributed by atoms with Crippen molar-refractivity contribution in [3.8, 4) is 0 Å². The first kappa shape index (κ1) is 12.5. The molecular weight excluding hydrogens is 192 g/mol. The molecule has 0 aromatic rings. The Kier molecular flexibility index (Phi) is 4.54. The third-order valence-electron chi connectivity index (χ3n) is 2.96. The van der Waals surface area contributed by atoms with Crippen LogP contribution in [0.2, 0.25) is 0 Å². The van der Waals surface area contributed by atoms with Gasteiger partial charge in [0.1, 0.15) is 6.61 Å². The molecule has 0 spiro atoms. The molecule has 0 atom stereocenters. The molecule has 1 fully saturated rings. The van der Waals surface area contributed by atoms with Crippen molar-refractivity contribution in [3.63, 3.8) is 0 Å². The van der Waals surface area contributed by atoms with Crippen LogP contribution in [0.4, 0.5) is 0 Å². The monoisotopic (exact) mass is 214 g/mol. The fraction of sp³-hybridized carbons (Fsp3) is 0.909. The van der Waals surface area contributed by atoms with E-state index in [0.29, 0.717) is 18.6 Å².